The van der Waals surface area contributed by atoms with Gasteiger partial charge < -0.3 is 9.47 Å². The molecule has 2 aliphatic rings. The zero-order valence-electron chi connectivity index (χ0n) is 15.9. The van der Waals surface area contributed by atoms with Crippen LogP contribution >= 0.6 is 0 Å². The molecule has 4 rings (SSSR count). The van der Waals surface area contributed by atoms with Crippen molar-refractivity contribution in [2.24, 2.45) is 5.92 Å². The molecule has 1 atom stereocenters. The van der Waals surface area contributed by atoms with E-state index in [4.69, 9.17) is 9.47 Å². The maximum atomic E-state index is 12.8. The minimum absolute atomic E-state index is 0.0498. The van der Waals surface area contributed by atoms with Crippen LogP contribution in [-0.4, -0.2) is 43.0 Å². The molecule has 4 nitrogen and oxygen atoms in total. The Morgan fingerprint density at radius 2 is 1.74 bits per heavy atom. The maximum Gasteiger partial charge on any atom is 0.166 e. The highest BCUT2D eigenvalue weighted by Crippen LogP contribution is 2.31. The molecule has 0 spiro atoms. The molecule has 0 aliphatic carbocycles. The number of carbonyl (C=O) groups excluding carboxylic acids is 1. The van der Waals surface area contributed by atoms with Crippen molar-refractivity contribution in [1.29, 1.82) is 0 Å². The predicted octanol–water partition coefficient (Wildman–Crippen LogP) is 3.98. The van der Waals surface area contributed by atoms with Crippen molar-refractivity contribution in [2.75, 3.05) is 26.2 Å². The largest absolute Gasteiger partial charge is 0.486 e. The van der Waals surface area contributed by atoms with Gasteiger partial charge in [0.1, 0.15) is 12.7 Å². The zero-order chi connectivity index (χ0) is 18.6. The highest BCUT2D eigenvalue weighted by molar-refractivity contribution is 5.97. The molecular formula is C23H27NO3. The highest BCUT2D eigenvalue weighted by Gasteiger charge is 2.29. The van der Waals surface area contributed by atoms with Crippen LogP contribution in [0.4, 0.5) is 0 Å². The summed E-state index contributed by atoms with van der Waals surface area (Å²) in [6.45, 7) is 5.43. The van der Waals surface area contributed by atoms with Gasteiger partial charge in [-0.05, 0) is 50.0 Å². The molecule has 4 heteroatoms. The number of fused-ring (bicyclic) bond motifs is 1. The van der Waals surface area contributed by atoms with E-state index >= 15 is 0 Å². The van der Waals surface area contributed by atoms with Crippen LogP contribution in [0, 0.1) is 5.92 Å². The minimum atomic E-state index is 0.0498. The molecule has 0 N–H and O–H groups in total. The Morgan fingerprint density at radius 1 is 1.04 bits per heavy atom. The van der Waals surface area contributed by atoms with Crippen molar-refractivity contribution in [3.05, 3.63) is 59.7 Å². The molecule has 0 aromatic heterocycles. The number of piperidine rings is 1. The Bertz CT molecular complexity index is 778. The maximum absolute atomic E-state index is 12.8. The molecule has 1 fully saturated rings. The van der Waals surface area contributed by atoms with Crippen LogP contribution in [0.15, 0.2) is 48.5 Å². The van der Waals surface area contributed by atoms with Crippen LogP contribution < -0.4 is 9.47 Å². The second kappa shape index (κ2) is 8.13. The second-order valence-electron chi connectivity index (χ2n) is 7.49. The Morgan fingerprint density at radius 3 is 2.44 bits per heavy atom. The van der Waals surface area contributed by atoms with Gasteiger partial charge in [-0.15, -0.1) is 0 Å². The molecule has 2 heterocycles. The van der Waals surface area contributed by atoms with Crippen LogP contribution in [0.25, 0.3) is 0 Å². The Labute approximate surface area is 161 Å². The van der Waals surface area contributed by atoms with Gasteiger partial charge in [0.15, 0.2) is 17.3 Å². The number of aryl methyl sites for hydroxylation is 1. The van der Waals surface area contributed by atoms with Crippen molar-refractivity contribution in [3.63, 3.8) is 0 Å². The third-order valence-corrected chi connectivity index (χ3v) is 5.63. The highest BCUT2D eigenvalue weighted by atomic mass is 16.6. The van der Waals surface area contributed by atoms with Crippen molar-refractivity contribution in [2.45, 2.75) is 32.3 Å². The van der Waals surface area contributed by atoms with E-state index in [9.17, 15) is 4.79 Å². The number of benzene rings is 2. The quantitative estimate of drug-likeness (QED) is 0.751. The molecule has 0 amide bonds. The Balaban J connectivity index is 1.28. The van der Waals surface area contributed by atoms with E-state index in [1.165, 1.54) is 5.56 Å². The van der Waals surface area contributed by atoms with Gasteiger partial charge in [0.2, 0.25) is 0 Å². The summed E-state index contributed by atoms with van der Waals surface area (Å²) in [6.07, 6.45) is 2.88. The number of hydrogen-bond acceptors (Lipinski definition) is 4. The van der Waals surface area contributed by atoms with Crippen LogP contribution in [0.1, 0.15) is 35.7 Å². The summed E-state index contributed by atoms with van der Waals surface area (Å²) in [5.41, 5.74) is 2.13. The number of rotatable bonds is 5. The van der Waals surface area contributed by atoms with Crippen molar-refractivity contribution < 1.29 is 14.3 Å². The van der Waals surface area contributed by atoms with Crippen LogP contribution in [-0.2, 0) is 6.42 Å². The molecule has 2 aromatic carbocycles. The summed E-state index contributed by atoms with van der Waals surface area (Å²) >= 11 is 0. The van der Waals surface area contributed by atoms with Gasteiger partial charge in [-0.1, -0.05) is 43.3 Å². The predicted molar refractivity (Wildman–Crippen MR) is 106 cm³/mol. The summed E-state index contributed by atoms with van der Waals surface area (Å²) in [7, 11) is 0. The van der Waals surface area contributed by atoms with E-state index in [2.05, 4.69) is 24.0 Å². The van der Waals surface area contributed by atoms with Gasteiger partial charge in [-0.3, -0.25) is 9.69 Å². The number of nitrogens with zero attached hydrogens (tertiary/aromatic N) is 1. The molecular weight excluding hydrogens is 338 g/mol. The lowest BCUT2D eigenvalue weighted by molar-refractivity contribution is 0.0462. The molecule has 142 valence electrons. The standard InChI is InChI=1S/C23H27NO3/c1-2-17-7-9-18(10-8-17)23(25)19-11-13-24(14-12-19)15-20-16-26-21-5-3-4-6-22(21)27-20/h3-10,19-20H,2,11-16H2,1H3. The van der Waals surface area contributed by atoms with Crippen molar-refractivity contribution >= 4 is 5.78 Å². The third kappa shape index (κ3) is 4.16. The molecule has 2 aromatic rings. The van der Waals surface area contributed by atoms with Gasteiger partial charge in [-0.2, -0.15) is 0 Å². The Hall–Kier alpha value is -2.33. The van der Waals surface area contributed by atoms with E-state index < -0.39 is 0 Å². The van der Waals surface area contributed by atoms with Crippen molar-refractivity contribution in [1.82, 2.24) is 4.90 Å². The molecule has 1 unspecified atom stereocenters. The lowest BCUT2D eigenvalue weighted by atomic mass is 9.88. The van der Waals surface area contributed by atoms with Gasteiger partial charge in [0.05, 0.1) is 0 Å². The first kappa shape index (κ1) is 18.1. The van der Waals surface area contributed by atoms with E-state index in [0.717, 1.165) is 56.0 Å². The first-order valence-electron chi connectivity index (χ1n) is 9.97. The van der Waals surface area contributed by atoms with Crippen LogP contribution in [0.5, 0.6) is 11.5 Å². The fraction of sp³-hybridized carbons (Fsp3) is 0.435. The van der Waals surface area contributed by atoms with E-state index in [1.54, 1.807) is 0 Å². The van der Waals surface area contributed by atoms with Crippen LogP contribution in [0.3, 0.4) is 0 Å². The topological polar surface area (TPSA) is 38.8 Å². The second-order valence-corrected chi connectivity index (χ2v) is 7.49. The number of para-hydroxylation sites is 2. The smallest absolute Gasteiger partial charge is 0.166 e. The molecule has 1 saturated heterocycles. The third-order valence-electron chi connectivity index (χ3n) is 5.63. The normalized spacial score (nSPS) is 20.4. The average molecular weight is 365 g/mol. The molecule has 27 heavy (non-hydrogen) atoms. The summed E-state index contributed by atoms with van der Waals surface area (Å²) < 4.78 is 11.9. The minimum Gasteiger partial charge on any atom is -0.486 e. The van der Waals surface area contributed by atoms with E-state index in [0.29, 0.717) is 12.4 Å². The summed E-state index contributed by atoms with van der Waals surface area (Å²) in [4.78, 5) is 15.2. The van der Waals surface area contributed by atoms with E-state index in [1.807, 2.05) is 36.4 Å². The van der Waals surface area contributed by atoms with Crippen LogP contribution in [0.2, 0.25) is 0 Å². The number of likely N-dealkylation sites (tertiary alicyclic amines) is 1. The SMILES string of the molecule is CCc1ccc(C(=O)C2CCN(CC3COc4ccccc4O3)CC2)cc1. The number of ether oxygens (including phenoxy) is 2. The molecule has 0 radical (unpaired) electrons. The fourth-order valence-electron chi connectivity index (χ4n) is 3.96. The van der Waals surface area contributed by atoms with Gasteiger partial charge in [0, 0.05) is 18.0 Å². The lowest BCUT2D eigenvalue weighted by Gasteiger charge is -2.35. The summed E-state index contributed by atoms with van der Waals surface area (Å²) in [5, 5.41) is 0. The van der Waals surface area contributed by atoms with Gasteiger partial charge >= 0.3 is 0 Å². The molecule has 2 aliphatic heterocycles. The number of Topliss-reactive ketones (excluding diaryl/α,β-unsaturated/α-hetero) is 1. The van der Waals surface area contributed by atoms with E-state index in [-0.39, 0.29) is 12.0 Å². The molecule has 0 saturated carbocycles. The number of hydrogen-bond donors (Lipinski definition) is 0. The van der Waals surface area contributed by atoms with Crippen molar-refractivity contribution in [3.8, 4) is 11.5 Å². The molecule has 0 bridgehead atoms. The first-order chi connectivity index (χ1) is 13.2. The lowest BCUT2D eigenvalue weighted by Crippen LogP contribution is -2.45. The summed E-state index contributed by atoms with van der Waals surface area (Å²) in [6, 6.07) is 15.9. The average Bonchev–Trinajstić information content (AvgIpc) is 2.74. The monoisotopic (exact) mass is 365 g/mol. The number of ketones is 1. The number of carbonyl (C=O) groups is 1. The Kier molecular flexibility index (Phi) is 5.44. The van der Waals surface area contributed by atoms with Gasteiger partial charge in [-0.25, -0.2) is 0 Å². The zero-order valence-corrected chi connectivity index (χ0v) is 15.9. The fourth-order valence-corrected chi connectivity index (χ4v) is 3.96. The summed E-state index contributed by atoms with van der Waals surface area (Å²) in [5.74, 6) is 2.09. The van der Waals surface area contributed by atoms with Gasteiger partial charge in [0.25, 0.3) is 0 Å². The first-order valence-corrected chi connectivity index (χ1v) is 9.97.